The Morgan fingerprint density at radius 1 is 1.12 bits per heavy atom. The predicted octanol–water partition coefficient (Wildman–Crippen LogP) is 5.88. The van der Waals surface area contributed by atoms with E-state index >= 15 is 0 Å². The van der Waals surface area contributed by atoms with Crippen LogP contribution in [0.25, 0.3) is 11.3 Å². The largest absolute Gasteiger partial charge is 0.447 e. The van der Waals surface area contributed by atoms with Gasteiger partial charge in [-0.25, -0.2) is 0 Å². The van der Waals surface area contributed by atoms with Crippen molar-refractivity contribution in [2.75, 3.05) is 10.7 Å². The van der Waals surface area contributed by atoms with Crippen LogP contribution >= 0.6 is 11.8 Å². The highest BCUT2D eigenvalue weighted by atomic mass is 32.2. The zero-order valence-corrected chi connectivity index (χ0v) is 19.8. The van der Waals surface area contributed by atoms with Crippen molar-refractivity contribution in [1.29, 1.82) is 0 Å². The van der Waals surface area contributed by atoms with Crippen LogP contribution in [0.1, 0.15) is 56.0 Å². The molecule has 1 atom stereocenters. The minimum Gasteiger partial charge on any atom is -0.447 e. The molecule has 2 aromatic carbocycles. The Labute approximate surface area is 193 Å². The van der Waals surface area contributed by atoms with Crippen LogP contribution in [0.3, 0.4) is 0 Å². The zero-order valence-electron chi connectivity index (χ0n) is 19.0. The third-order valence-electron chi connectivity index (χ3n) is 5.53. The first kappa shape index (κ1) is 22.3. The van der Waals surface area contributed by atoms with Gasteiger partial charge in [0.1, 0.15) is 0 Å². The van der Waals surface area contributed by atoms with Crippen molar-refractivity contribution in [3.05, 3.63) is 59.2 Å². The van der Waals surface area contributed by atoms with Gasteiger partial charge in [0.2, 0.25) is 23.2 Å². The van der Waals surface area contributed by atoms with E-state index in [9.17, 15) is 4.79 Å². The van der Waals surface area contributed by atoms with Gasteiger partial charge in [0.25, 0.3) is 0 Å². The van der Waals surface area contributed by atoms with E-state index < -0.39 is 6.23 Å². The van der Waals surface area contributed by atoms with E-state index in [1.165, 1.54) is 12.8 Å². The van der Waals surface area contributed by atoms with Gasteiger partial charge in [0.05, 0.1) is 5.69 Å². The number of rotatable bonds is 6. The summed E-state index contributed by atoms with van der Waals surface area (Å²) in [6.45, 7) is 7.81. The number of para-hydroxylation sites is 1. The predicted molar refractivity (Wildman–Crippen MR) is 128 cm³/mol. The Morgan fingerprint density at radius 3 is 2.72 bits per heavy atom. The standard InChI is InChI=1S/C25H28N4O2S/c1-5-6-9-14-32-25-26-23-22(27-28-25)19-10-7-8-11-21(19)29(18(4)30)24(31-23)20-15-16(2)12-13-17(20)3/h7-8,10-13,15,24H,5-6,9,14H2,1-4H3. The Balaban J connectivity index is 1.83. The third kappa shape index (κ3) is 4.48. The normalized spacial score (nSPS) is 14.9. The van der Waals surface area contributed by atoms with E-state index in [2.05, 4.69) is 35.3 Å². The van der Waals surface area contributed by atoms with Crippen LogP contribution in [-0.2, 0) is 4.79 Å². The second-order valence-corrected chi connectivity index (χ2v) is 9.10. The van der Waals surface area contributed by atoms with Gasteiger partial charge in [0.15, 0.2) is 5.69 Å². The number of thioether (sulfide) groups is 1. The molecule has 1 aromatic heterocycles. The number of unbranched alkanes of at least 4 members (excludes halogenated alkanes) is 2. The molecule has 4 rings (SSSR count). The van der Waals surface area contributed by atoms with Crippen molar-refractivity contribution in [3.63, 3.8) is 0 Å². The number of carbonyl (C=O) groups excluding carboxylic acids is 1. The van der Waals surface area contributed by atoms with Gasteiger partial charge in [0, 0.05) is 23.8 Å². The fraction of sp³-hybridized carbons (Fsp3) is 0.360. The number of aryl methyl sites for hydroxylation is 2. The molecule has 1 amide bonds. The highest BCUT2D eigenvalue weighted by Gasteiger charge is 2.35. The van der Waals surface area contributed by atoms with E-state index in [0.29, 0.717) is 16.7 Å². The highest BCUT2D eigenvalue weighted by Crippen LogP contribution is 2.43. The second-order valence-electron chi connectivity index (χ2n) is 8.04. The lowest BCUT2D eigenvalue weighted by atomic mass is 10.0. The van der Waals surface area contributed by atoms with Crippen LogP contribution in [0, 0.1) is 13.8 Å². The number of amides is 1. The topological polar surface area (TPSA) is 68.2 Å². The van der Waals surface area contributed by atoms with E-state index in [1.807, 2.05) is 38.1 Å². The monoisotopic (exact) mass is 448 g/mol. The average molecular weight is 449 g/mol. The van der Waals surface area contributed by atoms with E-state index in [4.69, 9.17) is 9.72 Å². The smallest absolute Gasteiger partial charge is 0.247 e. The van der Waals surface area contributed by atoms with Crippen LogP contribution in [-0.4, -0.2) is 26.8 Å². The van der Waals surface area contributed by atoms with Crippen molar-refractivity contribution in [1.82, 2.24) is 15.2 Å². The van der Waals surface area contributed by atoms with Crippen LogP contribution in [0.15, 0.2) is 47.6 Å². The summed E-state index contributed by atoms with van der Waals surface area (Å²) in [5.41, 5.74) is 5.15. The quantitative estimate of drug-likeness (QED) is 0.346. The highest BCUT2D eigenvalue weighted by molar-refractivity contribution is 7.99. The number of aromatic nitrogens is 3. The molecule has 0 fully saturated rings. The van der Waals surface area contributed by atoms with Gasteiger partial charge in [-0.2, -0.15) is 4.98 Å². The van der Waals surface area contributed by atoms with E-state index in [-0.39, 0.29) is 5.91 Å². The van der Waals surface area contributed by atoms with Crippen molar-refractivity contribution in [2.24, 2.45) is 0 Å². The molecule has 1 aliphatic heterocycles. The van der Waals surface area contributed by atoms with Crippen LogP contribution < -0.4 is 9.64 Å². The number of nitrogens with zero attached hydrogens (tertiary/aromatic N) is 4. The Bertz CT molecular complexity index is 1130. The van der Waals surface area contributed by atoms with Gasteiger partial charge < -0.3 is 4.74 Å². The lowest BCUT2D eigenvalue weighted by molar-refractivity contribution is -0.118. The molecule has 3 aromatic rings. The maximum atomic E-state index is 12.9. The van der Waals surface area contributed by atoms with Crippen molar-refractivity contribution in [2.45, 2.75) is 58.3 Å². The van der Waals surface area contributed by atoms with Gasteiger partial charge in [-0.15, -0.1) is 10.2 Å². The molecule has 166 valence electrons. The number of hydrogen-bond donors (Lipinski definition) is 0. The molecule has 1 unspecified atom stereocenters. The maximum Gasteiger partial charge on any atom is 0.247 e. The third-order valence-corrected chi connectivity index (χ3v) is 6.45. The van der Waals surface area contributed by atoms with Crippen molar-refractivity contribution in [3.8, 4) is 17.1 Å². The molecular formula is C25H28N4O2S. The first-order valence-corrected chi connectivity index (χ1v) is 12.0. The fourth-order valence-electron chi connectivity index (χ4n) is 3.86. The van der Waals surface area contributed by atoms with Gasteiger partial charge in [-0.3, -0.25) is 9.69 Å². The molecule has 2 heterocycles. The van der Waals surface area contributed by atoms with E-state index in [0.717, 1.165) is 40.1 Å². The fourth-order valence-corrected chi connectivity index (χ4v) is 4.63. The van der Waals surface area contributed by atoms with Crippen LogP contribution in [0.4, 0.5) is 5.69 Å². The minimum absolute atomic E-state index is 0.113. The number of anilines is 1. The zero-order chi connectivity index (χ0) is 22.7. The molecule has 0 aliphatic carbocycles. The molecule has 6 nitrogen and oxygen atoms in total. The van der Waals surface area contributed by atoms with Crippen LogP contribution in [0.5, 0.6) is 5.88 Å². The molecule has 0 N–H and O–H groups in total. The summed E-state index contributed by atoms with van der Waals surface area (Å²) < 4.78 is 6.48. The number of ether oxygens (including phenoxy) is 1. The lowest BCUT2D eigenvalue weighted by Crippen LogP contribution is -2.36. The van der Waals surface area contributed by atoms with Gasteiger partial charge >= 0.3 is 0 Å². The first-order valence-electron chi connectivity index (χ1n) is 11.0. The maximum absolute atomic E-state index is 12.9. The molecule has 0 radical (unpaired) electrons. The SMILES string of the molecule is CCCCCSc1nnc2c(n1)OC(c1cc(C)ccc1C)N(C(C)=O)c1ccccc1-2. The summed E-state index contributed by atoms with van der Waals surface area (Å²) >= 11 is 1.59. The number of hydrogen-bond acceptors (Lipinski definition) is 6. The molecule has 32 heavy (non-hydrogen) atoms. The summed E-state index contributed by atoms with van der Waals surface area (Å²) in [7, 11) is 0. The molecule has 0 saturated carbocycles. The number of benzene rings is 2. The Morgan fingerprint density at radius 2 is 1.94 bits per heavy atom. The Hall–Kier alpha value is -2.93. The Kier molecular flexibility index (Phi) is 6.74. The molecule has 1 aliphatic rings. The summed E-state index contributed by atoms with van der Waals surface area (Å²) in [6.07, 6.45) is 2.80. The molecule has 0 spiro atoms. The van der Waals surface area contributed by atoms with Gasteiger partial charge in [-0.05, 0) is 31.9 Å². The molecule has 7 heteroatoms. The summed E-state index contributed by atoms with van der Waals surface area (Å²) in [5.74, 6) is 1.23. The summed E-state index contributed by atoms with van der Waals surface area (Å²) in [5, 5.41) is 9.42. The minimum atomic E-state index is -0.649. The average Bonchev–Trinajstić information content (AvgIpc) is 2.92. The van der Waals surface area contributed by atoms with Gasteiger partial charge in [-0.1, -0.05) is 73.5 Å². The lowest BCUT2D eigenvalue weighted by Gasteiger charge is -2.31. The van der Waals surface area contributed by atoms with Crippen molar-refractivity contribution >= 4 is 23.4 Å². The van der Waals surface area contributed by atoms with E-state index in [1.54, 1.807) is 23.6 Å². The molecule has 0 saturated heterocycles. The van der Waals surface area contributed by atoms with Crippen LogP contribution in [0.2, 0.25) is 0 Å². The number of carbonyl (C=O) groups is 1. The van der Waals surface area contributed by atoms with Crippen molar-refractivity contribution < 1.29 is 9.53 Å². The first-order chi connectivity index (χ1) is 15.5. The number of fused-ring (bicyclic) bond motifs is 3. The molecular weight excluding hydrogens is 420 g/mol. The molecule has 0 bridgehead atoms. The second kappa shape index (κ2) is 9.69. The summed E-state index contributed by atoms with van der Waals surface area (Å²) in [6, 6.07) is 13.9. The summed E-state index contributed by atoms with van der Waals surface area (Å²) in [4.78, 5) is 19.3.